The average Bonchev–Trinajstić information content (AvgIpc) is 2.46. The Morgan fingerprint density at radius 2 is 2.24 bits per heavy atom. The quantitative estimate of drug-likeness (QED) is 0.933. The zero-order valence-electron chi connectivity index (χ0n) is 12.0. The molecule has 1 heterocycles. The van der Waals surface area contributed by atoms with Crippen LogP contribution in [0.25, 0.3) is 0 Å². The molecule has 1 unspecified atom stereocenters. The third kappa shape index (κ3) is 4.11. The predicted molar refractivity (Wildman–Crippen MR) is 80.2 cm³/mol. The number of likely N-dealkylation sites (tertiary alicyclic amines) is 1. The van der Waals surface area contributed by atoms with Crippen molar-refractivity contribution in [3.05, 3.63) is 34.9 Å². The molecule has 0 aliphatic carbocycles. The summed E-state index contributed by atoms with van der Waals surface area (Å²) in [5.74, 6) is -1.28. The van der Waals surface area contributed by atoms with Crippen LogP contribution in [0.15, 0.2) is 24.3 Å². The Balaban J connectivity index is 1.97. The van der Waals surface area contributed by atoms with Gasteiger partial charge in [0.1, 0.15) is 0 Å². The molecule has 1 saturated heterocycles. The lowest BCUT2D eigenvalue weighted by Crippen LogP contribution is -2.47. The SMILES string of the molecule is CN(Cc1cccc(Cl)c1)C(=O)N1CCCC(C(=O)O)C1. The summed E-state index contributed by atoms with van der Waals surface area (Å²) >= 11 is 5.93. The lowest BCUT2D eigenvalue weighted by atomic mass is 9.99. The van der Waals surface area contributed by atoms with Gasteiger partial charge in [0.15, 0.2) is 0 Å². The number of piperidine rings is 1. The molecule has 0 bridgehead atoms. The molecule has 1 N–H and O–H groups in total. The minimum atomic E-state index is -0.829. The summed E-state index contributed by atoms with van der Waals surface area (Å²) in [4.78, 5) is 26.6. The van der Waals surface area contributed by atoms with Crippen LogP contribution in [-0.2, 0) is 11.3 Å². The van der Waals surface area contributed by atoms with Crippen molar-refractivity contribution in [1.29, 1.82) is 0 Å². The van der Waals surface area contributed by atoms with Gasteiger partial charge in [-0.25, -0.2) is 4.79 Å². The van der Waals surface area contributed by atoms with E-state index in [9.17, 15) is 9.59 Å². The molecule has 6 heteroatoms. The predicted octanol–water partition coefficient (Wildman–Crippen LogP) is 2.69. The number of hydrogen-bond acceptors (Lipinski definition) is 2. The molecular weight excluding hydrogens is 292 g/mol. The van der Waals surface area contributed by atoms with Gasteiger partial charge < -0.3 is 14.9 Å². The zero-order chi connectivity index (χ0) is 15.4. The van der Waals surface area contributed by atoms with Crippen LogP contribution in [0, 0.1) is 5.92 Å². The maximum Gasteiger partial charge on any atom is 0.320 e. The van der Waals surface area contributed by atoms with Gasteiger partial charge in [-0.2, -0.15) is 0 Å². The molecular formula is C15H19ClN2O3. The molecule has 114 valence electrons. The second kappa shape index (κ2) is 6.80. The number of amides is 2. The second-order valence-corrected chi connectivity index (χ2v) is 5.83. The Kier molecular flexibility index (Phi) is 5.07. The Labute approximate surface area is 129 Å². The molecule has 0 radical (unpaired) electrons. The molecule has 1 aliphatic heterocycles. The molecule has 1 aliphatic rings. The highest BCUT2D eigenvalue weighted by molar-refractivity contribution is 6.30. The van der Waals surface area contributed by atoms with E-state index >= 15 is 0 Å². The van der Waals surface area contributed by atoms with Crippen molar-refractivity contribution in [1.82, 2.24) is 9.80 Å². The number of carboxylic acid groups (broad SMARTS) is 1. The second-order valence-electron chi connectivity index (χ2n) is 5.39. The number of carbonyl (C=O) groups is 2. The average molecular weight is 311 g/mol. The van der Waals surface area contributed by atoms with E-state index in [0.717, 1.165) is 12.0 Å². The van der Waals surface area contributed by atoms with Crippen LogP contribution in [0.1, 0.15) is 18.4 Å². The monoisotopic (exact) mass is 310 g/mol. The maximum absolute atomic E-state index is 12.4. The van der Waals surface area contributed by atoms with Crippen molar-refractivity contribution >= 4 is 23.6 Å². The molecule has 5 nitrogen and oxygen atoms in total. The van der Waals surface area contributed by atoms with E-state index in [1.165, 1.54) is 0 Å². The van der Waals surface area contributed by atoms with Crippen LogP contribution >= 0.6 is 11.6 Å². The molecule has 0 saturated carbocycles. The van der Waals surface area contributed by atoms with Gasteiger partial charge in [0, 0.05) is 31.7 Å². The van der Waals surface area contributed by atoms with Crippen molar-refractivity contribution in [3.8, 4) is 0 Å². The lowest BCUT2D eigenvalue weighted by Gasteiger charge is -2.33. The molecule has 1 atom stereocenters. The number of urea groups is 1. The van der Waals surface area contributed by atoms with Crippen molar-refractivity contribution in [2.24, 2.45) is 5.92 Å². The standard InChI is InChI=1S/C15H19ClN2O3/c1-17(9-11-4-2-6-13(16)8-11)15(21)18-7-3-5-12(10-18)14(19)20/h2,4,6,8,12H,3,5,7,9-10H2,1H3,(H,19,20). The zero-order valence-corrected chi connectivity index (χ0v) is 12.7. The summed E-state index contributed by atoms with van der Waals surface area (Å²) in [6.07, 6.45) is 1.37. The maximum atomic E-state index is 12.4. The van der Waals surface area contributed by atoms with Crippen LogP contribution in [-0.4, -0.2) is 47.0 Å². The summed E-state index contributed by atoms with van der Waals surface area (Å²) in [7, 11) is 1.72. The van der Waals surface area contributed by atoms with Gasteiger partial charge in [-0.3, -0.25) is 4.79 Å². The van der Waals surface area contributed by atoms with E-state index in [0.29, 0.717) is 24.5 Å². The van der Waals surface area contributed by atoms with Gasteiger partial charge in [0.05, 0.1) is 5.92 Å². The highest BCUT2D eigenvalue weighted by atomic mass is 35.5. The van der Waals surface area contributed by atoms with E-state index < -0.39 is 11.9 Å². The van der Waals surface area contributed by atoms with E-state index in [1.807, 2.05) is 18.2 Å². The molecule has 2 rings (SSSR count). The summed E-state index contributed by atoms with van der Waals surface area (Å²) in [6, 6.07) is 7.22. The van der Waals surface area contributed by atoms with Crippen LogP contribution in [0.3, 0.4) is 0 Å². The topological polar surface area (TPSA) is 60.9 Å². The number of hydrogen-bond donors (Lipinski definition) is 1. The summed E-state index contributed by atoms with van der Waals surface area (Å²) < 4.78 is 0. The fourth-order valence-electron chi connectivity index (χ4n) is 2.57. The highest BCUT2D eigenvalue weighted by Gasteiger charge is 2.29. The summed E-state index contributed by atoms with van der Waals surface area (Å²) in [6.45, 7) is 1.35. The fraction of sp³-hybridized carbons (Fsp3) is 0.467. The smallest absolute Gasteiger partial charge is 0.320 e. The van der Waals surface area contributed by atoms with Gasteiger partial charge in [-0.1, -0.05) is 23.7 Å². The third-order valence-corrected chi connectivity index (χ3v) is 3.91. The van der Waals surface area contributed by atoms with E-state index in [1.54, 1.807) is 22.9 Å². The number of carboxylic acids is 1. The van der Waals surface area contributed by atoms with Gasteiger partial charge in [-0.15, -0.1) is 0 Å². The molecule has 21 heavy (non-hydrogen) atoms. The Morgan fingerprint density at radius 1 is 1.48 bits per heavy atom. The van der Waals surface area contributed by atoms with Crippen molar-refractivity contribution in [3.63, 3.8) is 0 Å². The molecule has 2 amide bonds. The molecule has 1 aromatic carbocycles. The minimum Gasteiger partial charge on any atom is -0.481 e. The number of nitrogens with zero attached hydrogens (tertiary/aromatic N) is 2. The number of rotatable bonds is 3. The number of halogens is 1. The van der Waals surface area contributed by atoms with Crippen LogP contribution in [0.2, 0.25) is 5.02 Å². The molecule has 0 spiro atoms. The van der Waals surface area contributed by atoms with Gasteiger partial charge >= 0.3 is 12.0 Å². The van der Waals surface area contributed by atoms with Crippen molar-refractivity contribution in [2.75, 3.05) is 20.1 Å². The summed E-state index contributed by atoms with van der Waals surface area (Å²) in [5.41, 5.74) is 0.949. The molecule has 1 fully saturated rings. The van der Waals surface area contributed by atoms with Crippen molar-refractivity contribution < 1.29 is 14.7 Å². The van der Waals surface area contributed by atoms with E-state index in [-0.39, 0.29) is 12.6 Å². The van der Waals surface area contributed by atoms with Gasteiger partial charge in [-0.05, 0) is 30.5 Å². The first-order chi connectivity index (χ1) is 9.97. The van der Waals surface area contributed by atoms with Gasteiger partial charge in [0.2, 0.25) is 0 Å². The first-order valence-corrected chi connectivity index (χ1v) is 7.32. The largest absolute Gasteiger partial charge is 0.481 e. The normalized spacial score (nSPS) is 18.4. The first-order valence-electron chi connectivity index (χ1n) is 6.94. The number of carbonyl (C=O) groups excluding carboxylic acids is 1. The van der Waals surface area contributed by atoms with Crippen LogP contribution in [0.4, 0.5) is 4.79 Å². The van der Waals surface area contributed by atoms with Crippen molar-refractivity contribution in [2.45, 2.75) is 19.4 Å². The highest BCUT2D eigenvalue weighted by Crippen LogP contribution is 2.19. The molecule has 1 aromatic rings. The Hall–Kier alpha value is -1.75. The van der Waals surface area contributed by atoms with Gasteiger partial charge in [0.25, 0.3) is 0 Å². The van der Waals surface area contributed by atoms with E-state index in [2.05, 4.69) is 0 Å². The van der Waals surface area contributed by atoms with E-state index in [4.69, 9.17) is 16.7 Å². The minimum absolute atomic E-state index is 0.138. The number of aliphatic carboxylic acids is 1. The fourth-order valence-corrected chi connectivity index (χ4v) is 2.78. The third-order valence-electron chi connectivity index (χ3n) is 3.68. The Morgan fingerprint density at radius 3 is 2.90 bits per heavy atom. The summed E-state index contributed by atoms with van der Waals surface area (Å²) in [5, 5.41) is 9.71. The number of benzene rings is 1. The first kappa shape index (κ1) is 15.6. The molecule has 0 aromatic heterocycles. The Bertz CT molecular complexity index is 535. The van der Waals surface area contributed by atoms with Crippen LogP contribution in [0.5, 0.6) is 0 Å². The lowest BCUT2D eigenvalue weighted by molar-refractivity contribution is -0.143. The van der Waals surface area contributed by atoms with Crippen LogP contribution < -0.4 is 0 Å².